The highest BCUT2D eigenvalue weighted by Gasteiger charge is 2.33. The predicted molar refractivity (Wildman–Crippen MR) is 139 cm³/mol. The monoisotopic (exact) mass is 513 g/mol. The molecule has 10 nitrogen and oxygen atoms in total. The van der Waals surface area contributed by atoms with E-state index in [2.05, 4.69) is 32.9 Å². The quantitative estimate of drug-likeness (QED) is 0.523. The molecule has 1 atom stereocenters. The van der Waals surface area contributed by atoms with Crippen LogP contribution in [0.15, 0.2) is 30.9 Å². The standard InChI is InChI=1S/C25H32ClN7O3/c1-17-14-31(24(34)36-25(2,3)4)7-8-32(17)22-21-19(30-9-11-35-12-10-30)15-33(23(21)29-16-28-22)20-13-18(26)5-6-27-20/h5-6,13,15-17H,7-12,14H2,1-4H3. The summed E-state index contributed by atoms with van der Waals surface area (Å²) in [5.74, 6) is 1.54. The maximum atomic E-state index is 12.7. The minimum absolute atomic E-state index is 0.0366. The Hall–Kier alpha value is -3.11. The third kappa shape index (κ3) is 4.92. The molecule has 11 heteroatoms. The van der Waals surface area contributed by atoms with E-state index >= 15 is 0 Å². The van der Waals surface area contributed by atoms with Crippen LogP contribution in [-0.4, -0.2) is 88.1 Å². The number of rotatable bonds is 3. The summed E-state index contributed by atoms with van der Waals surface area (Å²) in [6, 6.07) is 3.62. The number of hydrogen-bond acceptors (Lipinski definition) is 8. The Morgan fingerprint density at radius 2 is 1.92 bits per heavy atom. The van der Waals surface area contributed by atoms with E-state index in [1.165, 1.54) is 0 Å². The zero-order chi connectivity index (χ0) is 25.4. The number of hydrogen-bond donors (Lipinski definition) is 0. The van der Waals surface area contributed by atoms with Gasteiger partial charge in [-0.05, 0) is 33.8 Å². The minimum Gasteiger partial charge on any atom is -0.444 e. The maximum Gasteiger partial charge on any atom is 0.410 e. The Kier molecular flexibility index (Phi) is 6.65. The van der Waals surface area contributed by atoms with Crippen molar-refractivity contribution in [1.29, 1.82) is 0 Å². The fraction of sp³-hybridized carbons (Fsp3) is 0.520. The maximum absolute atomic E-state index is 12.7. The topological polar surface area (TPSA) is 88.9 Å². The molecule has 0 aliphatic carbocycles. The second-order valence-electron chi connectivity index (χ2n) is 10.2. The molecule has 192 valence electrons. The summed E-state index contributed by atoms with van der Waals surface area (Å²) in [4.78, 5) is 33.0. The van der Waals surface area contributed by atoms with Crippen molar-refractivity contribution in [2.24, 2.45) is 0 Å². The van der Waals surface area contributed by atoms with Gasteiger partial charge in [-0.1, -0.05) is 11.6 Å². The zero-order valence-electron chi connectivity index (χ0n) is 21.1. The first-order valence-corrected chi connectivity index (χ1v) is 12.6. The predicted octanol–water partition coefficient (Wildman–Crippen LogP) is 3.75. The van der Waals surface area contributed by atoms with Crippen LogP contribution in [0.5, 0.6) is 0 Å². The molecule has 0 aromatic carbocycles. The summed E-state index contributed by atoms with van der Waals surface area (Å²) in [5.41, 5.74) is 1.27. The molecular formula is C25H32ClN7O3. The molecule has 0 saturated carbocycles. The van der Waals surface area contributed by atoms with E-state index in [0.29, 0.717) is 43.7 Å². The van der Waals surface area contributed by atoms with E-state index in [1.807, 2.05) is 31.4 Å². The van der Waals surface area contributed by atoms with Crippen LogP contribution in [0.25, 0.3) is 16.9 Å². The summed E-state index contributed by atoms with van der Waals surface area (Å²) < 4.78 is 13.2. The number of morpholine rings is 1. The number of ether oxygens (including phenoxy) is 2. The Labute approximate surface area is 215 Å². The molecule has 1 amide bonds. The van der Waals surface area contributed by atoms with Crippen LogP contribution in [0.1, 0.15) is 27.7 Å². The molecule has 1 unspecified atom stereocenters. The molecule has 2 aliphatic heterocycles. The molecule has 3 aromatic heterocycles. The van der Waals surface area contributed by atoms with Crippen molar-refractivity contribution in [2.75, 3.05) is 55.7 Å². The lowest BCUT2D eigenvalue weighted by molar-refractivity contribution is 0.0218. The Bertz CT molecular complexity index is 1250. The summed E-state index contributed by atoms with van der Waals surface area (Å²) in [6.07, 6.45) is 5.07. The number of carbonyl (C=O) groups is 1. The molecule has 5 rings (SSSR count). The van der Waals surface area contributed by atoms with E-state index in [0.717, 1.165) is 35.6 Å². The first kappa shape index (κ1) is 24.6. The van der Waals surface area contributed by atoms with Crippen LogP contribution in [-0.2, 0) is 9.47 Å². The molecule has 2 saturated heterocycles. The largest absolute Gasteiger partial charge is 0.444 e. The lowest BCUT2D eigenvalue weighted by atomic mass is 10.1. The van der Waals surface area contributed by atoms with Gasteiger partial charge in [-0.15, -0.1) is 0 Å². The van der Waals surface area contributed by atoms with E-state index in [9.17, 15) is 4.79 Å². The van der Waals surface area contributed by atoms with Crippen LogP contribution in [0.4, 0.5) is 16.3 Å². The van der Waals surface area contributed by atoms with Crippen molar-refractivity contribution >= 4 is 40.2 Å². The third-order valence-electron chi connectivity index (χ3n) is 6.40. The molecule has 5 heterocycles. The number of nitrogens with zero attached hydrogens (tertiary/aromatic N) is 7. The van der Waals surface area contributed by atoms with E-state index < -0.39 is 5.60 Å². The van der Waals surface area contributed by atoms with Crippen molar-refractivity contribution in [3.63, 3.8) is 0 Å². The molecule has 0 radical (unpaired) electrons. The van der Waals surface area contributed by atoms with Crippen molar-refractivity contribution in [1.82, 2.24) is 24.4 Å². The van der Waals surface area contributed by atoms with Crippen molar-refractivity contribution in [2.45, 2.75) is 39.3 Å². The third-order valence-corrected chi connectivity index (χ3v) is 6.64. The van der Waals surface area contributed by atoms with Gasteiger partial charge in [0, 0.05) is 62.2 Å². The number of fused-ring (bicyclic) bond motifs is 1. The highest BCUT2D eigenvalue weighted by molar-refractivity contribution is 6.30. The van der Waals surface area contributed by atoms with Gasteiger partial charge in [0.1, 0.15) is 23.6 Å². The van der Waals surface area contributed by atoms with Crippen LogP contribution < -0.4 is 9.80 Å². The minimum atomic E-state index is -0.527. The Morgan fingerprint density at radius 3 is 2.61 bits per heavy atom. The average molecular weight is 514 g/mol. The molecular weight excluding hydrogens is 482 g/mol. The van der Waals surface area contributed by atoms with Crippen LogP contribution in [0, 0.1) is 0 Å². The van der Waals surface area contributed by atoms with Gasteiger partial charge < -0.3 is 24.2 Å². The molecule has 0 spiro atoms. The molecule has 3 aromatic rings. The van der Waals surface area contributed by atoms with Gasteiger partial charge in [0.15, 0.2) is 5.65 Å². The SMILES string of the molecule is CC1CN(C(=O)OC(C)(C)C)CCN1c1ncnc2c1c(N1CCOCC1)cn2-c1cc(Cl)ccn1. The lowest BCUT2D eigenvalue weighted by Crippen LogP contribution is -2.55. The molecule has 2 aliphatic rings. The number of carbonyl (C=O) groups excluding carboxylic acids is 1. The fourth-order valence-corrected chi connectivity index (χ4v) is 4.91. The van der Waals surface area contributed by atoms with Crippen molar-refractivity contribution < 1.29 is 14.3 Å². The molecule has 36 heavy (non-hydrogen) atoms. The van der Waals surface area contributed by atoms with Gasteiger partial charge in [0.05, 0.1) is 24.3 Å². The first-order valence-electron chi connectivity index (χ1n) is 12.3. The smallest absolute Gasteiger partial charge is 0.410 e. The molecule has 0 N–H and O–H groups in total. The number of aromatic nitrogens is 4. The van der Waals surface area contributed by atoms with Gasteiger partial charge in [0.2, 0.25) is 0 Å². The van der Waals surface area contributed by atoms with E-state index in [4.69, 9.17) is 26.1 Å². The number of amides is 1. The van der Waals surface area contributed by atoms with E-state index in [1.54, 1.807) is 23.5 Å². The lowest BCUT2D eigenvalue weighted by Gasteiger charge is -2.41. The number of pyridine rings is 1. The number of halogens is 1. The molecule has 2 fully saturated rings. The van der Waals surface area contributed by atoms with Gasteiger partial charge in [-0.25, -0.2) is 19.7 Å². The van der Waals surface area contributed by atoms with Crippen LogP contribution in [0.3, 0.4) is 0 Å². The van der Waals surface area contributed by atoms with Gasteiger partial charge in [0.25, 0.3) is 0 Å². The molecule has 0 bridgehead atoms. The first-order chi connectivity index (χ1) is 17.2. The highest BCUT2D eigenvalue weighted by atomic mass is 35.5. The van der Waals surface area contributed by atoms with Crippen molar-refractivity contribution in [3.8, 4) is 5.82 Å². The van der Waals surface area contributed by atoms with E-state index in [-0.39, 0.29) is 12.1 Å². The summed E-state index contributed by atoms with van der Waals surface area (Å²) in [7, 11) is 0. The Balaban J connectivity index is 1.54. The van der Waals surface area contributed by atoms with Gasteiger partial charge in [-0.3, -0.25) is 4.57 Å². The van der Waals surface area contributed by atoms with Gasteiger partial charge >= 0.3 is 6.09 Å². The Morgan fingerprint density at radius 1 is 1.14 bits per heavy atom. The average Bonchev–Trinajstić information content (AvgIpc) is 3.24. The fourth-order valence-electron chi connectivity index (χ4n) is 4.75. The van der Waals surface area contributed by atoms with Gasteiger partial charge in [-0.2, -0.15) is 0 Å². The second-order valence-corrected chi connectivity index (χ2v) is 10.6. The van der Waals surface area contributed by atoms with Crippen molar-refractivity contribution in [3.05, 3.63) is 35.9 Å². The van der Waals surface area contributed by atoms with Crippen LogP contribution in [0.2, 0.25) is 5.02 Å². The number of piperazine rings is 1. The number of anilines is 2. The summed E-state index contributed by atoms with van der Waals surface area (Å²) in [5, 5.41) is 1.56. The zero-order valence-corrected chi connectivity index (χ0v) is 21.9. The summed E-state index contributed by atoms with van der Waals surface area (Å²) in [6.45, 7) is 12.4. The summed E-state index contributed by atoms with van der Waals surface area (Å²) >= 11 is 6.29. The highest BCUT2D eigenvalue weighted by Crippen LogP contribution is 2.37. The normalized spacial score (nSPS) is 19.1. The second kappa shape index (κ2) is 9.74. The van der Waals surface area contributed by atoms with Crippen LogP contribution >= 0.6 is 11.6 Å².